The molecule has 0 atom stereocenters. The van der Waals surface area contributed by atoms with E-state index >= 15 is 0 Å². The second-order valence-corrected chi connectivity index (χ2v) is 10.8. The molecule has 0 N–H and O–H groups in total. The van der Waals surface area contributed by atoms with Crippen LogP contribution in [0.15, 0.2) is 148 Å². The molecule has 9 rings (SSSR count). The number of hydrogen-bond donors (Lipinski definition) is 0. The van der Waals surface area contributed by atoms with Gasteiger partial charge in [-0.3, -0.25) is 0 Å². The fourth-order valence-electron chi connectivity index (χ4n) is 6.04. The van der Waals surface area contributed by atoms with Gasteiger partial charge in [0.05, 0.1) is 0 Å². The van der Waals surface area contributed by atoms with Crippen molar-refractivity contribution < 1.29 is 8.83 Å². The van der Waals surface area contributed by atoms with Crippen LogP contribution in [0.5, 0.6) is 0 Å². The van der Waals surface area contributed by atoms with Gasteiger partial charge in [0.15, 0.2) is 17.5 Å². The van der Waals surface area contributed by atoms with Crippen molar-refractivity contribution in [3.8, 4) is 45.3 Å². The Morgan fingerprint density at radius 3 is 1.68 bits per heavy atom. The Balaban J connectivity index is 1.19. The molecule has 0 radical (unpaired) electrons. The zero-order chi connectivity index (χ0) is 29.0. The molecular weight excluding hydrogens is 542 g/mol. The fourth-order valence-corrected chi connectivity index (χ4v) is 6.04. The van der Waals surface area contributed by atoms with Crippen LogP contribution in [-0.4, -0.2) is 15.0 Å². The first-order valence-corrected chi connectivity index (χ1v) is 14.5. The summed E-state index contributed by atoms with van der Waals surface area (Å²) in [4.78, 5) is 14.6. The first-order valence-electron chi connectivity index (χ1n) is 14.5. The van der Waals surface area contributed by atoms with Gasteiger partial charge in [-0.25, -0.2) is 15.0 Å². The topological polar surface area (TPSA) is 65.0 Å². The van der Waals surface area contributed by atoms with Crippen molar-refractivity contribution in [2.75, 3.05) is 0 Å². The second-order valence-electron chi connectivity index (χ2n) is 10.8. The predicted molar refractivity (Wildman–Crippen MR) is 176 cm³/mol. The molecule has 6 aromatic carbocycles. The zero-order valence-corrected chi connectivity index (χ0v) is 23.4. The lowest BCUT2D eigenvalue weighted by atomic mass is 9.98. The zero-order valence-electron chi connectivity index (χ0n) is 23.4. The molecule has 0 fully saturated rings. The molecule has 9 aromatic rings. The summed E-state index contributed by atoms with van der Waals surface area (Å²) < 4.78 is 12.5. The number of hydrogen-bond acceptors (Lipinski definition) is 5. The van der Waals surface area contributed by atoms with Crippen LogP contribution in [0, 0.1) is 0 Å². The quantitative estimate of drug-likeness (QED) is 0.212. The smallest absolute Gasteiger partial charge is 0.164 e. The fraction of sp³-hybridized carbons (Fsp3) is 0. The van der Waals surface area contributed by atoms with E-state index in [1.165, 1.54) is 0 Å². The summed E-state index contributed by atoms with van der Waals surface area (Å²) in [7, 11) is 0. The molecule has 0 aliphatic carbocycles. The van der Waals surface area contributed by atoms with E-state index < -0.39 is 0 Å². The number of benzene rings is 6. The Kier molecular flexibility index (Phi) is 5.43. The maximum Gasteiger partial charge on any atom is 0.164 e. The van der Waals surface area contributed by atoms with Crippen molar-refractivity contribution in [2.24, 2.45) is 0 Å². The van der Waals surface area contributed by atoms with E-state index in [0.717, 1.165) is 71.7 Å². The molecule has 3 aromatic heterocycles. The molecule has 5 nitrogen and oxygen atoms in total. The van der Waals surface area contributed by atoms with Crippen LogP contribution in [0.4, 0.5) is 0 Å². The SMILES string of the molecule is c1ccc(-c2nc(-c3ccccc3)nc(-c3ccc4c(c3)oc3ccc(-c5cccc6oc7ccccc7c56)cc34)n2)cc1. The Bertz CT molecular complexity index is 2440. The van der Waals surface area contributed by atoms with Gasteiger partial charge in [-0.2, -0.15) is 0 Å². The van der Waals surface area contributed by atoms with E-state index in [4.69, 9.17) is 23.8 Å². The monoisotopic (exact) mass is 565 g/mol. The average Bonchev–Trinajstić information content (AvgIpc) is 3.66. The van der Waals surface area contributed by atoms with Crippen molar-refractivity contribution in [3.05, 3.63) is 140 Å². The van der Waals surface area contributed by atoms with Gasteiger partial charge < -0.3 is 8.83 Å². The lowest BCUT2D eigenvalue weighted by molar-refractivity contribution is 0.669. The molecule has 0 saturated carbocycles. The molecule has 5 heteroatoms. The van der Waals surface area contributed by atoms with Crippen LogP contribution in [0.3, 0.4) is 0 Å². The van der Waals surface area contributed by atoms with Crippen molar-refractivity contribution in [2.45, 2.75) is 0 Å². The van der Waals surface area contributed by atoms with Gasteiger partial charge in [0.2, 0.25) is 0 Å². The lowest BCUT2D eigenvalue weighted by Crippen LogP contribution is -2.00. The van der Waals surface area contributed by atoms with Crippen LogP contribution in [0.25, 0.3) is 89.2 Å². The molecule has 0 aliphatic heterocycles. The maximum absolute atomic E-state index is 6.39. The first kappa shape index (κ1) is 24.5. The standard InChI is InChI=1S/C39H23N3O2/c1-3-10-24(11-4-1)37-40-38(25-12-5-2-6-13-25)42-39(41-37)27-18-20-29-31-22-26(19-21-33(31)44-35(29)23-27)28-15-9-17-34-36(28)30-14-7-8-16-32(30)43-34/h1-23H. The van der Waals surface area contributed by atoms with Crippen molar-refractivity contribution in [1.29, 1.82) is 0 Å². The normalized spacial score (nSPS) is 11.6. The molecule has 0 amide bonds. The highest BCUT2D eigenvalue weighted by atomic mass is 16.3. The third-order valence-electron chi connectivity index (χ3n) is 8.14. The van der Waals surface area contributed by atoms with E-state index in [2.05, 4.69) is 48.5 Å². The minimum atomic E-state index is 0.597. The third kappa shape index (κ3) is 3.98. The Morgan fingerprint density at radius 2 is 0.932 bits per heavy atom. The summed E-state index contributed by atoms with van der Waals surface area (Å²) >= 11 is 0. The van der Waals surface area contributed by atoms with Gasteiger partial charge in [0.25, 0.3) is 0 Å². The van der Waals surface area contributed by atoms with Gasteiger partial charge in [0.1, 0.15) is 22.3 Å². The summed E-state index contributed by atoms with van der Waals surface area (Å²) in [6, 6.07) is 47.0. The summed E-state index contributed by atoms with van der Waals surface area (Å²) in [6.07, 6.45) is 0. The van der Waals surface area contributed by atoms with Crippen LogP contribution < -0.4 is 0 Å². The molecule has 0 saturated heterocycles. The molecule has 0 unspecified atom stereocenters. The van der Waals surface area contributed by atoms with Gasteiger partial charge in [-0.1, -0.05) is 103 Å². The molecule has 206 valence electrons. The Labute approximate surface area is 252 Å². The second kappa shape index (κ2) is 9.75. The number of para-hydroxylation sites is 1. The highest BCUT2D eigenvalue weighted by Gasteiger charge is 2.16. The molecule has 0 bridgehead atoms. The van der Waals surface area contributed by atoms with E-state index in [-0.39, 0.29) is 0 Å². The van der Waals surface area contributed by atoms with Crippen molar-refractivity contribution >= 4 is 43.9 Å². The van der Waals surface area contributed by atoms with Gasteiger partial charge in [-0.15, -0.1) is 0 Å². The molecular formula is C39H23N3O2. The minimum absolute atomic E-state index is 0.597. The van der Waals surface area contributed by atoms with Crippen molar-refractivity contribution in [3.63, 3.8) is 0 Å². The number of aromatic nitrogens is 3. The number of nitrogens with zero attached hydrogens (tertiary/aromatic N) is 3. The summed E-state index contributed by atoms with van der Waals surface area (Å²) in [5, 5.41) is 4.33. The maximum atomic E-state index is 6.39. The van der Waals surface area contributed by atoms with E-state index in [1.54, 1.807) is 0 Å². The average molecular weight is 566 g/mol. The minimum Gasteiger partial charge on any atom is -0.456 e. The first-order chi connectivity index (χ1) is 21.8. The van der Waals surface area contributed by atoms with E-state index in [9.17, 15) is 0 Å². The van der Waals surface area contributed by atoms with E-state index in [1.807, 2.05) is 91.0 Å². The van der Waals surface area contributed by atoms with Gasteiger partial charge in [0, 0.05) is 38.2 Å². The number of rotatable bonds is 4. The lowest BCUT2D eigenvalue weighted by Gasteiger charge is -2.08. The van der Waals surface area contributed by atoms with Crippen LogP contribution >= 0.6 is 0 Å². The number of furan rings is 2. The van der Waals surface area contributed by atoms with Gasteiger partial charge in [-0.05, 0) is 47.5 Å². The summed E-state index contributed by atoms with van der Waals surface area (Å²) in [6.45, 7) is 0. The molecule has 44 heavy (non-hydrogen) atoms. The van der Waals surface area contributed by atoms with Crippen LogP contribution in [-0.2, 0) is 0 Å². The molecule has 3 heterocycles. The highest BCUT2D eigenvalue weighted by molar-refractivity contribution is 6.14. The van der Waals surface area contributed by atoms with Gasteiger partial charge >= 0.3 is 0 Å². The molecule has 0 aliphatic rings. The third-order valence-corrected chi connectivity index (χ3v) is 8.14. The summed E-state index contributed by atoms with van der Waals surface area (Å²) in [5.74, 6) is 1.86. The number of fused-ring (bicyclic) bond motifs is 6. The largest absolute Gasteiger partial charge is 0.456 e. The Hall–Kier alpha value is -6.07. The van der Waals surface area contributed by atoms with Crippen molar-refractivity contribution in [1.82, 2.24) is 15.0 Å². The highest BCUT2D eigenvalue weighted by Crippen LogP contribution is 2.39. The predicted octanol–water partition coefficient (Wildman–Crippen LogP) is 10.3. The molecule has 0 spiro atoms. The Morgan fingerprint density at radius 1 is 0.341 bits per heavy atom. The van der Waals surface area contributed by atoms with Crippen LogP contribution in [0.2, 0.25) is 0 Å². The summed E-state index contributed by atoms with van der Waals surface area (Å²) in [5.41, 5.74) is 8.36. The van der Waals surface area contributed by atoms with E-state index in [0.29, 0.717) is 17.5 Å². The van der Waals surface area contributed by atoms with Crippen LogP contribution in [0.1, 0.15) is 0 Å².